The number of hydrogen-bond donors (Lipinski definition) is 2. The van der Waals surface area contributed by atoms with Gasteiger partial charge in [0.05, 0.1) is 0 Å². The predicted molar refractivity (Wildman–Crippen MR) is 27.8 cm³/mol. The van der Waals surface area contributed by atoms with Crippen molar-refractivity contribution in [3.05, 3.63) is 12.7 Å². The lowest BCUT2D eigenvalue weighted by atomic mass is 10.7. The lowest BCUT2D eigenvalue weighted by Gasteiger charge is -1.90. The Hall–Kier alpha value is -0.990. The number of carbonyl (C=O) groups excluding carboxylic acids is 1. The molecule has 0 aromatic heterocycles. The van der Waals surface area contributed by atoms with Crippen LogP contribution in [0.25, 0.3) is 0 Å². The fraction of sp³-hybridized carbons (Fsp3) is 0.250. The van der Waals surface area contributed by atoms with Gasteiger partial charge in [0, 0.05) is 6.54 Å². The van der Waals surface area contributed by atoms with E-state index in [4.69, 9.17) is 0 Å². The standard InChI is InChI=1S/C4H8N2O/c1-2-3-6-4(5)7/h2H,1,3H2,(H3,5,6,7)/i4+2. The van der Waals surface area contributed by atoms with Crippen molar-refractivity contribution in [1.82, 2.24) is 5.32 Å². The molecule has 2 amide bonds. The minimum Gasteiger partial charge on any atom is -0.352 e. The van der Waals surface area contributed by atoms with Gasteiger partial charge in [-0.2, -0.15) is 0 Å². The first-order chi connectivity index (χ1) is 3.27. The Labute approximate surface area is 42.2 Å². The van der Waals surface area contributed by atoms with Crippen LogP contribution in [0.5, 0.6) is 0 Å². The molecule has 0 saturated carbocycles. The SMILES string of the molecule is C=CCN[14C](N)=O. The summed E-state index contributed by atoms with van der Waals surface area (Å²) in [6, 6.07) is -0.514. The maximum absolute atomic E-state index is 9.82. The summed E-state index contributed by atoms with van der Waals surface area (Å²) >= 11 is 0. The lowest BCUT2D eigenvalue weighted by Crippen LogP contribution is -2.28. The monoisotopic (exact) mass is 102 g/mol. The molecule has 0 bridgehead atoms. The van der Waals surface area contributed by atoms with E-state index < -0.39 is 6.03 Å². The molecule has 0 aromatic rings. The molecule has 0 saturated heterocycles. The number of primary amides is 1. The third-order valence-electron chi connectivity index (χ3n) is 0.421. The van der Waals surface area contributed by atoms with Gasteiger partial charge in [0.25, 0.3) is 0 Å². The highest BCUT2D eigenvalue weighted by Crippen LogP contribution is 1.56. The number of nitrogens with one attached hydrogen (secondary N) is 1. The van der Waals surface area contributed by atoms with Crippen LogP contribution in [0.1, 0.15) is 0 Å². The molecule has 0 unspecified atom stereocenters. The van der Waals surface area contributed by atoms with E-state index in [-0.39, 0.29) is 0 Å². The average molecular weight is 102 g/mol. The summed E-state index contributed by atoms with van der Waals surface area (Å²) in [6.45, 7) is 3.80. The van der Waals surface area contributed by atoms with Gasteiger partial charge in [-0.05, 0) is 0 Å². The van der Waals surface area contributed by atoms with E-state index >= 15 is 0 Å². The van der Waals surface area contributed by atoms with Crippen LogP contribution in [-0.4, -0.2) is 12.6 Å². The molecule has 0 fully saturated rings. The summed E-state index contributed by atoms with van der Waals surface area (Å²) in [5, 5.41) is 2.32. The Bertz CT molecular complexity index is 79.8. The van der Waals surface area contributed by atoms with E-state index in [0.29, 0.717) is 6.54 Å². The third-order valence-corrected chi connectivity index (χ3v) is 0.421. The fourth-order valence-corrected chi connectivity index (χ4v) is 0.173. The Morgan fingerprint density at radius 1 is 2.00 bits per heavy atom. The summed E-state index contributed by atoms with van der Waals surface area (Å²) < 4.78 is 0. The van der Waals surface area contributed by atoms with Crippen LogP contribution in [-0.2, 0) is 0 Å². The Balaban J connectivity index is 2.97. The van der Waals surface area contributed by atoms with Crippen molar-refractivity contribution >= 4 is 6.03 Å². The normalized spacial score (nSPS) is 7.43. The molecular weight excluding hydrogens is 94.0 g/mol. The maximum atomic E-state index is 9.82. The van der Waals surface area contributed by atoms with Crippen LogP contribution in [0.3, 0.4) is 0 Å². The zero-order valence-electron chi connectivity index (χ0n) is 3.98. The zero-order chi connectivity index (χ0) is 5.70. The van der Waals surface area contributed by atoms with Crippen LogP contribution in [0.2, 0.25) is 0 Å². The topological polar surface area (TPSA) is 55.1 Å². The minimum atomic E-state index is -0.514. The van der Waals surface area contributed by atoms with E-state index in [1.54, 1.807) is 6.08 Å². The first kappa shape index (κ1) is 6.01. The molecule has 0 aliphatic rings. The fourth-order valence-electron chi connectivity index (χ4n) is 0.173. The number of urea groups is 1. The summed E-state index contributed by atoms with van der Waals surface area (Å²) in [7, 11) is 0. The molecule has 0 spiro atoms. The van der Waals surface area contributed by atoms with E-state index in [1.165, 1.54) is 0 Å². The Morgan fingerprint density at radius 2 is 2.57 bits per heavy atom. The summed E-state index contributed by atoms with van der Waals surface area (Å²) in [5.74, 6) is 0. The summed E-state index contributed by atoms with van der Waals surface area (Å²) in [6.07, 6.45) is 1.56. The predicted octanol–water partition coefficient (Wildman–Crippen LogP) is -0.159. The quantitative estimate of drug-likeness (QED) is 0.468. The molecule has 3 heteroatoms. The van der Waals surface area contributed by atoms with Crippen molar-refractivity contribution < 1.29 is 4.79 Å². The molecule has 0 aromatic carbocycles. The molecule has 0 rings (SSSR count). The van der Waals surface area contributed by atoms with Crippen LogP contribution < -0.4 is 11.1 Å². The van der Waals surface area contributed by atoms with Gasteiger partial charge in [0.1, 0.15) is 0 Å². The summed E-state index contributed by atoms with van der Waals surface area (Å²) in [5.41, 5.74) is 4.68. The Kier molecular flexibility index (Phi) is 2.76. The number of hydrogen-bond acceptors (Lipinski definition) is 1. The number of rotatable bonds is 2. The van der Waals surface area contributed by atoms with Crippen LogP contribution >= 0.6 is 0 Å². The van der Waals surface area contributed by atoms with E-state index in [2.05, 4.69) is 17.6 Å². The van der Waals surface area contributed by atoms with Gasteiger partial charge in [-0.3, -0.25) is 0 Å². The van der Waals surface area contributed by atoms with Gasteiger partial charge < -0.3 is 11.1 Å². The van der Waals surface area contributed by atoms with Gasteiger partial charge in [-0.15, -0.1) is 6.58 Å². The van der Waals surface area contributed by atoms with Crippen molar-refractivity contribution in [2.24, 2.45) is 5.73 Å². The van der Waals surface area contributed by atoms with Crippen molar-refractivity contribution in [3.63, 3.8) is 0 Å². The molecular formula is C4H8N2O. The van der Waals surface area contributed by atoms with Gasteiger partial charge in [0.15, 0.2) is 0 Å². The minimum absolute atomic E-state index is 0.440. The van der Waals surface area contributed by atoms with Crippen LogP contribution in [0.15, 0.2) is 12.7 Å². The van der Waals surface area contributed by atoms with Gasteiger partial charge in [0.2, 0.25) is 0 Å². The van der Waals surface area contributed by atoms with Crippen molar-refractivity contribution in [1.29, 1.82) is 0 Å². The van der Waals surface area contributed by atoms with E-state index in [9.17, 15) is 4.79 Å². The molecule has 3 N–H and O–H groups in total. The number of carbonyl (C=O) groups is 1. The van der Waals surface area contributed by atoms with Crippen LogP contribution in [0, 0.1) is 0 Å². The lowest BCUT2D eigenvalue weighted by molar-refractivity contribution is 0.250. The smallest absolute Gasteiger partial charge is 0.312 e. The molecule has 0 aliphatic carbocycles. The zero-order valence-corrected chi connectivity index (χ0v) is 3.98. The highest BCUT2D eigenvalue weighted by atomic mass is 16.3. The second kappa shape index (κ2) is 3.21. The summed E-state index contributed by atoms with van der Waals surface area (Å²) in [4.78, 5) is 9.82. The first-order valence-electron chi connectivity index (χ1n) is 1.91. The molecule has 0 aliphatic heterocycles. The number of amides is 2. The highest BCUT2D eigenvalue weighted by Gasteiger charge is 1.81. The van der Waals surface area contributed by atoms with E-state index in [1.807, 2.05) is 0 Å². The van der Waals surface area contributed by atoms with Gasteiger partial charge >= 0.3 is 6.03 Å². The van der Waals surface area contributed by atoms with Crippen molar-refractivity contribution in [2.75, 3.05) is 6.54 Å². The molecule has 7 heavy (non-hydrogen) atoms. The average Bonchev–Trinajstić information content (AvgIpc) is 1.61. The Morgan fingerprint density at radius 3 is 2.71 bits per heavy atom. The first-order valence-corrected chi connectivity index (χ1v) is 1.91. The van der Waals surface area contributed by atoms with Gasteiger partial charge in [-0.1, -0.05) is 6.08 Å². The maximum Gasteiger partial charge on any atom is 0.312 e. The third kappa shape index (κ3) is 5.01. The number of nitrogens with two attached hydrogens (primary N) is 1. The highest BCUT2D eigenvalue weighted by molar-refractivity contribution is 5.71. The molecule has 0 radical (unpaired) electrons. The van der Waals surface area contributed by atoms with Gasteiger partial charge in [-0.25, -0.2) is 4.79 Å². The molecule has 3 nitrogen and oxygen atoms in total. The largest absolute Gasteiger partial charge is 0.352 e. The second-order valence-electron chi connectivity index (χ2n) is 1.03. The molecule has 0 atom stereocenters. The van der Waals surface area contributed by atoms with E-state index in [0.717, 1.165) is 0 Å². The van der Waals surface area contributed by atoms with Crippen molar-refractivity contribution in [2.45, 2.75) is 0 Å². The van der Waals surface area contributed by atoms with Crippen molar-refractivity contribution in [3.8, 4) is 0 Å². The molecule has 40 valence electrons. The second-order valence-corrected chi connectivity index (χ2v) is 1.03. The molecule has 0 heterocycles. The van der Waals surface area contributed by atoms with Crippen LogP contribution in [0.4, 0.5) is 4.79 Å².